The van der Waals surface area contributed by atoms with Gasteiger partial charge in [0, 0.05) is 12.0 Å². The van der Waals surface area contributed by atoms with Crippen molar-refractivity contribution in [1.29, 1.82) is 0 Å². The van der Waals surface area contributed by atoms with Crippen molar-refractivity contribution in [3.8, 4) is 11.3 Å². The van der Waals surface area contributed by atoms with Crippen LogP contribution in [0, 0.1) is 0 Å². The van der Waals surface area contributed by atoms with Crippen molar-refractivity contribution in [2.24, 2.45) is 5.73 Å². The molecule has 3 N–H and O–H groups in total. The summed E-state index contributed by atoms with van der Waals surface area (Å²) in [6, 6.07) is 5.47. The van der Waals surface area contributed by atoms with E-state index in [4.69, 9.17) is 28.9 Å². The van der Waals surface area contributed by atoms with Crippen molar-refractivity contribution in [3.05, 3.63) is 40.3 Å². The lowest BCUT2D eigenvalue weighted by molar-refractivity contribution is 0.895. The third-order valence-corrected chi connectivity index (χ3v) is 2.98. The Hall–Kier alpha value is -1.03. The van der Waals surface area contributed by atoms with Gasteiger partial charge in [-0.25, -0.2) is 4.98 Å². The van der Waals surface area contributed by atoms with Crippen molar-refractivity contribution < 1.29 is 0 Å². The van der Waals surface area contributed by atoms with Crippen LogP contribution in [0.4, 0.5) is 0 Å². The van der Waals surface area contributed by atoms with Crippen LogP contribution in [0.15, 0.2) is 24.4 Å². The molecule has 0 aliphatic heterocycles. The summed E-state index contributed by atoms with van der Waals surface area (Å²) in [4.78, 5) is 7.41. The second-order valence-corrected chi connectivity index (χ2v) is 4.23. The summed E-state index contributed by atoms with van der Waals surface area (Å²) in [6.07, 6.45) is 2.51. The first-order chi connectivity index (χ1) is 7.70. The van der Waals surface area contributed by atoms with Crippen LogP contribution >= 0.6 is 23.2 Å². The lowest BCUT2D eigenvalue weighted by atomic mass is 10.2. The van der Waals surface area contributed by atoms with Crippen LogP contribution in [0.3, 0.4) is 0 Å². The van der Waals surface area contributed by atoms with Crippen molar-refractivity contribution >= 4 is 23.2 Å². The van der Waals surface area contributed by atoms with Gasteiger partial charge in [0.05, 0.1) is 21.9 Å². The number of hydrogen-bond donors (Lipinski definition) is 2. The number of nitrogens with two attached hydrogens (primary N) is 1. The first kappa shape index (κ1) is 11.5. The molecule has 0 bridgehead atoms. The molecule has 0 aliphatic carbocycles. The molecule has 0 saturated carbocycles. The summed E-state index contributed by atoms with van der Waals surface area (Å²) in [5.41, 5.74) is 7.34. The number of aromatic nitrogens is 2. The molecule has 2 rings (SSSR count). The third kappa shape index (κ3) is 2.38. The van der Waals surface area contributed by atoms with E-state index in [1.165, 1.54) is 0 Å². The lowest BCUT2D eigenvalue weighted by Crippen LogP contribution is -2.03. The highest BCUT2D eigenvalue weighted by Crippen LogP contribution is 2.27. The number of imidazole rings is 1. The molecule has 0 aliphatic rings. The highest BCUT2D eigenvalue weighted by atomic mass is 35.5. The van der Waals surface area contributed by atoms with E-state index in [1.807, 2.05) is 12.1 Å². The number of benzene rings is 1. The standard InChI is InChI=1S/C11H11Cl2N3/c12-8-2-1-7(5-9(8)13)10-6-15-11(16-10)3-4-14/h1-2,5-6H,3-4,14H2,(H,15,16). The Morgan fingerprint density at radius 3 is 2.75 bits per heavy atom. The van der Waals surface area contributed by atoms with Gasteiger partial charge in [-0.1, -0.05) is 29.3 Å². The average molecular weight is 256 g/mol. The first-order valence-corrected chi connectivity index (χ1v) is 5.65. The second-order valence-electron chi connectivity index (χ2n) is 3.41. The Balaban J connectivity index is 2.31. The second kappa shape index (κ2) is 4.87. The number of nitrogens with one attached hydrogen (secondary N) is 1. The normalized spacial score (nSPS) is 10.7. The monoisotopic (exact) mass is 255 g/mol. The van der Waals surface area contributed by atoms with Crippen LogP contribution in [0.1, 0.15) is 5.82 Å². The van der Waals surface area contributed by atoms with Crippen LogP contribution in [-0.2, 0) is 6.42 Å². The Morgan fingerprint density at radius 2 is 2.06 bits per heavy atom. The smallest absolute Gasteiger partial charge is 0.107 e. The number of nitrogens with zero attached hydrogens (tertiary/aromatic N) is 1. The molecule has 1 aromatic heterocycles. The minimum absolute atomic E-state index is 0.536. The van der Waals surface area contributed by atoms with Crippen LogP contribution in [0.5, 0.6) is 0 Å². The minimum Gasteiger partial charge on any atom is -0.342 e. The molecule has 5 heteroatoms. The van der Waals surface area contributed by atoms with Gasteiger partial charge in [0.25, 0.3) is 0 Å². The molecule has 84 valence electrons. The van der Waals surface area contributed by atoms with Gasteiger partial charge in [0.1, 0.15) is 5.82 Å². The maximum Gasteiger partial charge on any atom is 0.107 e. The molecular formula is C11H11Cl2N3. The molecular weight excluding hydrogens is 245 g/mol. The molecule has 0 atom stereocenters. The van der Waals surface area contributed by atoms with Gasteiger partial charge in [-0.2, -0.15) is 0 Å². The number of H-pyrrole nitrogens is 1. The maximum atomic E-state index is 5.95. The summed E-state index contributed by atoms with van der Waals surface area (Å²) in [6.45, 7) is 0.578. The highest BCUT2D eigenvalue weighted by molar-refractivity contribution is 6.42. The Labute approximate surface area is 104 Å². The SMILES string of the molecule is NCCc1ncc(-c2ccc(Cl)c(Cl)c2)[nH]1. The van der Waals surface area contributed by atoms with Gasteiger partial charge in [0.2, 0.25) is 0 Å². The molecule has 1 aromatic carbocycles. The Bertz CT molecular complexity index is 494. The Morgan fingerprint density at radius 1 is 1.25 bits per heavy atom. The lowest BCUT2D eigenvalue weighted by Gasteiger charge is -2.00. The fourth-order valence-electron chi connectivity index (χ4n) is 1.44. The molecule has 0 unspecified atom stereocenters. The fraction of sp³-hybridized carbons (Fsp3) is 0.182. The van der Waals surface area contributed by atoms with E-state index in [-0.39, 0.29) is 0 Å². The molecule has 16 heavy (non-hydrogen) atoms. The Kier molecular flexibility index (Phi) is 3.49. The summed E-state index contributed by atoms with van der Waals surface area (Å²) in [7, 11) is 0. The number of hydrogen-bond acceptors (Lipinski definition) is 2. The van der Waals surface area contributed by atoms with Crippen molar-refractivity contribution in [2.75, 3.05) is 6.54 Å². The van der Waals surface area contributed by atoms with Gasteiger partial charge in [-0.3, -0.25) is 0 Å². The molecule has 0 amide bonds. The topological polar surface area (TPSA) is 54.7 Å². The largest absolute Gasteiger partial charge is 0.342 e. The summed E-state index contributed by atoms with van der Waals surface area (Å²) in [5.74, 6) is 0.878. The molecule has 0 spiro atoms. The predicted octanol–water partition coefficient (Wildman–Crippen LogP) is 2.88. The maximum absolute atomic E-state index is 5.95. The number of rotatable bonds is 3. The average Bonchev–Trinajstić information content (AvgIpc) is 2.71. The van der Waals surface area contributed by atoms with Crippen LogP contribution < -0.4 is 5.73 Å². The van der Waals surface area contributed by atoms with Crippen molar-refractivity contribution in [2.45, 2.75) is 6.42 Å². The van der Waals surface area contributed by atoms with Gasteiger partial charge >= 0.3 is 0 Å². The van der Waals surface area contributed by atoms with Gasteiger partial charge in [-0.05, 0) is 18.7 Å². The van der Waals surface area contributed by atoms with Crippen LogP contribution in [-0.4, -0.2) is 16.5 Å². The summed E-state index contributed by atoms with van der Waals surface area (Å²) < 4.78 is 0. The quantitative estimate of drug-likeness (QED) is 0.887. The van der Waals surface area contributed by atoms with Crippen LogP contribution in [0.2, 0.25) is 10.0 Å². The van der Waals surface area contributed by atoms with Crippen molar-refractivity contribution in [1.82, 2.24) is 9.97 Å². The van der Waals surface area contributed by atoms with E-state index < -0.39 is 0 Å². The summed E-state index contributed by atoms with van der Waals surface area (Å²) in [5, 5.41) is 1.08. The molecule has 3 nitrogen and oxygen atoms in total. The van der Waals surface area contributed by atoms with Crippen molar-refractivity contribution in [3.63, 3.8) is 0 Å². The zero-order chi connectivity index (χ0) is 11.5. The molecule has 2 aromatic rings. The molecule has 0 saturated heterocycles. The fourth-order valence-corrected chi connectivity index (χ4v) is 1.73. The minimum atomic E-state index is 0.536. The third-order valence-electron chi connectivity index (χ3n) is 2.24. The van der Waals surface area contributed by atoms with E-state index in [9.17, 15) is 0 Å². The summed E-state index contributed by atoms with van der Waals surface area (Å²) >= 11 is 11.8. The highest BCUT2D eigenvalue weighted by Gasteiger charge is 2.05. The zero-order valence-corrected chi connectivity index (χ0v) is 10.0. The zero-order valence-electron chi connectivity index (χ0n) is 8.50. The molecule has 0 fully saturated rings. The molecule has 0 radical (unpaired) electrons. The van der Waals surface area contributed by atoms with Gasteiger partial charge < -0.3 is 10.7 Å². The first-order valence-electron chi connectivity index (χ1n) is 4.90. The van der Waals surface area contributed by atoms with Crippen LogP contribution in [0.25, 0.3) is 11.3 Å². The number of halogens is 2. The van der Waals surface area contributed by atoms with E-state index in [0.29, 0.717) is 16.6 Å². The number of aromatic amines is 1. The predicted molar refractivity (Wildman–Crippen MR) is 66.8 cm³/mol. The van der Waals surface area contributed by atoms with E-state index in [0.717, 1.165) is 23.5 Å². The van der Waals surface area contributed by atoms with E-state index in [1.54, 1.807) is 12.3 Å². The van der Waals surface area contributed by atoms with Gasteiger partial charge in [0.15, 0.2) is 0 Å². The van der Waals surface area contributed by atoms with E-state index >= 15 is 0 Å². The van der Waals surface area contributed by atoms with Gasteiger partial charge in [-0.15, -0.1) is 0 Å². The van der Waals surface area contributed by atoms with E-state index in [2.05, 4.69) is 9.97 Å². The molecule has 1 heterocycles.